The number of alkyl halides is 3. The fraction of sp³-hybridized carbons (Fsp3) is 0.500. The molecule has 0 aliphatic carbocycles. The second kappa shape index (κ2) is 6.85. The average molecular weight is 282 g/mol. The molecule has 0 spiro atoms. The van der Waals surface area contributed by atoms with Gasteiger partial charge in [0.2, 0.25) is 0 Å². The molecule has 0 radical (unpaired) electrons. The highest BCUT2D eigenvalue weighted by Gasteiger charge is 2.25. The van der Waals surface area contributed by atoms with Gasteiger partial charge in [0.25, 0.3) is 0 Å². The number of hydrogen-bond acceptors (Lipinski definition) is 2. The molecule has 102 valence electrons. The topological polar surface area (TPSA) is 21.3 Å². The molecule has 0 aliphatic rings. The standard InChI is InChI=1S/C12H15ClF3NO/c1-18-11-5-2-4-10(13)9(11)8-17-7-3-6-12(14,15)16/h2,4-5,17H,3,6-8H2,1H3. The first-order valence-corrected chi connectivity index (χ1v) is 5.90. The fourth-order valence-electron chi connectivity index (χ4n) is 1.53. The summed E-state index contributed by atoms with van der Waals surface area (Å²) in [5, 5.41) is 3.46. The zero-order valence-corrected chi connectivity index (χ0v) is 10.7. The minimum Gasteiger partial charge on any atom is -0.496 e. The van der Waals surface area contributed by atoms with Gasteiger partial charge in [0.15, 0.2) is 0 Å². The van der Waals surface area contributed by atoms with Crippen LogP contribution < -0.4 is 10.1 Å². The van der Waals surface area contributed by atoms with E-state index in [2.05, 4.69) is 5.32 Å². The van der Waals surface area contributed by atoms with Crippen molar-refractivity contribution in [3.05, 3.63) is 28.8 Å². The number of ether oxygens (including phenoxy) is 1. The Labute approximate surface area is 109 Å². The molecule has 0 aromatic heterocycles. The third-order valence-electron chi connectivity index (χ3n) is 2.41. The third-order valence-corrected chi connectivity index (χ3v) is 2.77. The molecule has 0 saturated heterocycles. The summed E-state index contributed by atoms with van der Waals surface area (Å²) in [7, 11) is 1.53. The summed E-state index contributed by atoms with van der Waals surface area (Å²) >= 11 is 5.99. The number of methoxy groups -OCH3 is 1. The molecule has 0 amide bonds. The van der Waals surface area contributed by atoms with Crippen LogP contribution >= 0.6 is 11.6 Å². The number of nitrogens with one attached hydrogen (secondary N) is 1. The van der Waals surface area contributed by atoms with Crippen molar-refractivity contribution in [2.45, 2.75) is 25.6 Å². The van der Waals surface area contributed by atoms with Crippen molar-refractivity contribution in [3.63, 3.8) is 0 Å². The molecule has 1 N–H and O–H groups in total. The van der Waals surface area contributed by atoms with Gasteiger partial charge in [0.1, 0.15) is 5.75 Å². The van der Waals surface area contributed by atoms with Crippen molar-refractivity contribution < 1.29 is 17.9 Å². The van der Waals surface area contributed by atoms with Gasteiger partial charge in [-0.05, 0) is 25.1 Å². The van der Waals surface area contributed by atoms with Crippen LogP contribution in [0.25, 0.3) is 0 Å². The summed E-state index contributed by atoms with van der Waals surface area (Å²) in [6.07, 6.45) is -4.82. The summed E-state index contributed by atoms with van der Waals surface area (Å²) in [5.41, 5.74) is 0.758. The maximum atomic E-state index is 11.9. The normalized spacial score (nSPS) is 11.6. The molecular formula is C12H15ClF3NO. The van der Waals surface area contributed by atoms with E-state index < -0.39 is 12.6 Å². The molecule has 0 saturated carbocycles. The Morgan fingerprint density at radius 3 is 2.67 bits per heavy atom. The highest BCUT2D eigenvalue weighted by molar-refractivity contribution is 6.31. The van der Waals surface area contributed by atoms with Crippen molar-refractivity contribution in [1.82, 2.24) is 5.32 Å². The Bertz CT molecular complexity index is 382. The molecule has 0 fully saturated rings. The zero-order chi connectivity index (χ0) is 13.6. The minimum atomic E-state index is -4.09. The summed E-state index contributed by atoms with van der Waals surface area (Å²) < 4.78 is 40.9. The molecule has 1 aromatic carbocycles. The zero-order valence-electron chi connectivity index (χ0n) is 9.98. The van der Waals surface area contributed by atoms with Gasteiger partial charge in [-0.1, -0.05) is 17.7 Å². The Morgan fingerprint density at radius 1 is 1.33 bits per heavy atom. The Balaban J connectivity index is 2.40. The lowest BCUT2D eigenvalue weighted by Crippen LogP contribution is -2.18. The summed E-state index contributed by atoms with van der Waals surface area (Å²) in [5.74, 6) is 0.630. The second-order valence-electron chi connectivity index (χ2n) is 3.82. The first-order chi connectivity index (χ1) is 8.44. The number of benzene rings is 1. The molecule has 0 heterocycles. The predicted octanol–water partition coefficient (Wildman–Crippen LogP) is 3.78. The summed E-state index contributed by atoms with van der Waals surface area (Å²) in [6, 6.07) is 5.24. The molecule has 6 heteroatoms. The van der Waals surface area contributed by atoms with Crippen molar-refractivity contribution in [3.8, 4) is 5.75 Å². The maximum absolute atomic E-state index is 11.9. The van der Waals surface area contributed by atoms with Crippen LogP contribution in [0.3, 0.4) is 0 Å². The maximum Gasteiger partial charge on any atom is 0.389 e. The van der Waals surface area contributed by atoms with E-state index in [9.17, 15) is 13.2 Å². The van der Waals surface area contributed by atoms with E-state index in [1.807, 2.05) is 0 Å². The van der Waals surface area contributed by atoms with E-state index in [1.54, 1.807) is 18.2 Å². The molecule has 0 bridgehead atoms. The number of halogens is 4. The van der Waals surface area contributed by atoms with E-state index >= 15 is 0 Å². The SMILES string of the molecule is COc1cccc(Cl)c1CNCCCC(F)(F)F. The van der Waals surface area contributed by atoms with Crippen LogP contribution in [-0.4, -0.2) is 19.8 Å². The monoisotopic (exact) mass is 281 g/mol. The molecule has 0 unspecified atom stereocenters. The van der Waals surface area contributed by atoms with Crippen molar-refractivity contribution in [2.24, 2.45) is 0 Å². The lowest BCUT2D eigenvalue weighted by Gasteiger charge is -2.11. The summed E-state index contributed by atoms with van der Waals surface area (Å²) in [6.45, 7) is 0.675. The lowest BCUT2D eigenvalue weighted by atomic mass is 10.2. The minimum absolute atomic E-state index is 0.0519. The predicted molar refractivity (Wildman–Crippen MR) is 65.0 cm³/mol. The third kappa shape index (κ3) is 5.14. The van der Waals surface area contributed by atoms with Gasteiger partial charge in [-0.25, -0.2) is 0 Å². The summed E-state index contributed by atoms with van der Waals surface area (Å²) in [4.78, 5) is 0. The first-order valence-electron chi connectivity index (χ1n) is 5.53. The Hall–Kier alpha value is -0.940. The van der Waals surface area contributed by atoms with Crippen LogP contribution in [-0.2, 0) is 6.54 Å². The van der Waals surface area contributed by atoms with Crippen LogP contribution in [0, 0.1) is 0 Å². The Morgan fingerprint density at radius 2 is 2.06 bits per heavy atom. The molecule has 1 aromatic rings. The largest absolute Gasteiger partial charge is 0.496 e. The lowest BCUT2D eigenvalue weighted by molar-refractivity contribution is -0.135. The molecule has 0 aliphatic heterocycles. The first kappa shape index (κ1) is 15.1. The van der Waals surface area contributed by atoms with Gasteiger partial charge in [-0.15, -0.1) is 0 Å². The fourth-order valence-corrected chi connectivity index (χ4v) is 1.76. The van der Waals surface area contributed by atoms with E-state index in [0.717, 1.165) is 5.56 Å². The molecule has 18 heavy (non-hydrogen) atoms. The van der Waals surface area contributed by atoms with Crippen LogP contribution in [0.1, 0.15) is 18.4 Å². The van der Waals surface area contributed by atoms with Crippen LogP contribution in [0.15, 0.2) is 18.2 Å². The van der Waals surface area contributed by atoms with Gasteiger partial charge >= 0.3 is 6.18 Å². The van der Waals surface area contributed by atoms with Gasteiger partial charge in [-0.2, -0.15) is 13.2 Å². The molecule has 1 rings (SSSR count). The molecule has 2 nitrogen and oxygen atoms in total. The molecular weight excluding hydrogens is 267 g/mol. The van der Waals surface area contributed by atoms with Gasteiger partial charge in [-0.3, -0.25) is 0 Å². The quantitative estimate of drug-likeness (QED) is 0.801. The van der Waals surface area contributed by atoms with Gasteiger partial charge in [0, 0.05) is 23.6 Å². The van der Waals surface area contributed by atoms with E-state index in [1.165, 1.54) is 7.11 Å². The number of hydrogen-bond donors (Lipinski definition) is 1. The van der Waals surface area contributed by atoms with Gasteiger partial charge in [0.05, 0.1) is 7.11 Å². The van der Waals surface area contributed by atoms with Crippen LogP contribution in [0.5, 0.6) is 5.75 Å². The van der Waals surface area contributed by atoms with E-state index in [0.29, 0.717) is 17.3 Å². The average Bonchev–Trinajstić information content (AvgIpc) is 2.29. The van der Waals surface area contributed by atoms with E-state index in [4.69, 9.17) is 16.3 Å². The van der Waals surface area contributed by atoms with Crippen LogP contribution in [0.2, 0.25) is 5.02 Å². The second-order valence-corrected chi connectivity index (χ2v) is 4.22. The van der Waals surface area contributed by atoms with Crippen molar-refractivity contribution in [1.29, 1.82) is 0 Å². The highest BCUT2D eigenvalue weighted by atomic mass is 35.5. The Kier molecular flexibility index (Phi) is 5.75. The van der Waals surface area contributed by atoms with E-state index in [-0.39, 0.29) is 13.0 Å². The highest BCUT2D eigenvalue weighted by Crippen LogP contribution is 2.26. The molecule has 0 atom stereocenters. The smallest absolute Gasteiger partial charge is 0.389 e. The van der Waals surface area contributed by atoms with Crippen LogP contribution in [0.4, 0.5) is 13.2 Å². The van der Waals surface area contributed by atoms with Gasteiger partial charge < -0.3 is 10.1 Å². The van der Waals surface area contributed by atoms with Crippen molar-refractivity contribution >= 4 is 11.6 Å². The number of rotatable bonds is 6. The van der Waals surface area contributed by atoms with Crippen molar-refractivity contribution in [2.75, 3.05) is 13.7 Å².